The van der Waals surface area contributed by atoms with Gasteiger partial charge in [0.15, 0.2) is 11.7 Å². The summed E-state index contributed by atoms with van der Waals surface area (Å²) in [5.41, 5.74) is 0.977. The number of nitrogens with one attached hydrogen (secondary N) is 2. The number of carbonyl (C=O) groups is 1. The Balaban J connectivity index is 1.43. The molecule has 0 atom stereocenters. The second-order valence-electron chi connectivity index (χ2n) is 5.75. The number of hydrogen-bond donors (Lipinski definition) is 2. The fourth-order valence-electron chi connectivity index (χ4n) is 2.30. The topological polar surface area (TPSA) is 63.5 Å². The first-order valence-electron chi connectivity index (χ1n) is 8.30. The second-order valence-corrected chi connectivity index (χ2v) is 7.51. The van der Waals surface area contributed by atoms with Crippen LogP contribution in [0.3, 0.4) is 0 Å². The molecule has 28 heavy (non-hydrogen) atoms. The Labute approximate surface area is 181 Å². The molecule has 5 nitrogen and oxygen atoms in total. The Hall–Kier alpha value is -2.35. The van der Waals surface area contributed by atoms with Crippen LogP contribution in [0.15, 0.2) is 69.6 Å². The van der Waals surface area contributed by atoms with E-state index in [1.807, 2.05) is 36.4 Å². The quantitative estimate of drug-likeness (QED) is 0.491. The number of ether oxygens (including phenoxy) is 1. The molecule has 1 heterocycles. The van der Waals surface area contributed by atoms with Crippen molar-refractivity contribution in [1.29, 1.82) is 0 Å². The Kier molecular flexibility index (Phi) is 7.08. The highest BCUT2D eigenvalue weighted by molar-refractivity contribution is 9.10. The predicted molar refractivity (Wildman–Crippen MR) is 116 cm³/mol. The van der Waals surface area contributed by atoms with Gasteiger partial charge in [-0.15, -0.1) is 0 Å². The van der Waals surface area contributed by atoms with Crippen molar-refractivity contribution in [1.82, 2.24) is 10.6 Å². The maximum absolute atomic E-state index is 11.9. The predicted octanol–water partition coefficient (Wildman–Crippen LogP) is 4.93. The minimum Gasteiger partial charge on any atom is -0.484 e. The van der Waals surface area contributed by atoms with Crippen LogP contribution in [0.5, 0.6) is 5.75 Å². The smallest absolute Gasteiger partial charge is 0.264 e. The normalized spacial score (nSPS) is 10.4. The number of halogens is 2. The molecule has 0 radical (unpaired) electrons. The van der Waals surface area contributed by atoms with Crippen molar-refractivity contribution in [2.45, 2.75) is 6.54 Å². The third kappa shape index (κ3) is 6.09. The number of rotatable bonds is 6. The number of thiocarbonyl (C=S) groups is 1. The molecule has 0 aliphatic carbocycles. The van der Waals surface area contributed by atoms with Gasteiger partial charge in [0.2, 0.25) is 0 Å². The van der Waals surface area contributed by atoms with Crippen LogP contribution >= 0.6 is 39.7 Å². The van der Waals surface area contributed by atoms with Gasteiger partial charge < -0.3 is 19.8 Å². The summed E-state index contributed by atoms with van der Waals surface area (Å²) in [5, 5.41) is 6.30. The first-order valence-corrected chi connectivity index (χ1v) is 9.88. The minimum atomic E-state index is -0.359. The monoisotopic (exact) mass is 478 g/mol. The first kappa shape index (κ1) is 20.4. The van der Waals surface area contributed by atoms with Gasteiger partial charge in [-0.05, 0) is 60.7 Å². The zero-order valence-electron chi connectivity index (χ0n) is 14.6. The Morgan fingerprint density at radius 2 is 1.79 bits per heavy atom. The molecular formula is C20H16BrClN2O3S. The highest BCUT2D eigenvalue weighted by Crippen LogP contribution is 2.23. The Bertz CT molecular complexity index is 958. The molecule has 0 unspecified atom stereocenters. The zero-order chi connectivity index (χ0) is 19.9. The van der Waals surface area contributed by atoms with Crippen LogP contribution in [0, 0.1) is 0 Å². The standard InChI is InChI=1S/C20H16BrClN2O3S/c21-14-3-1-13(2-4-14)18-10-9-17(27-18)11-23-20(28)24-19(25)12-26-16-7-5-15(22)6-8-16/h1-10H,11-12H2,(H2,23,24,25,28). The third-order valence-electron chi connectivity index (χ3n) is 3.65. The van der Waals surface area contributed by atoms with E-state index in [1.54, 1.807) is 24.3 Å². The van der Waals surface area contributed by atoms with E-state index in [-0.39, 0.29) is 17.6 Å². The minimum absolute atomic E-state index is 0.155. The van der Waals surface area contributed by atoms with E-state index in [0.29, 0.717) is 23.1 Å². The summed E-state index contributed by atoms with van der Waals surface area (Å²) in [5.74, 6) is 1.65. The van der Waals surface area contributed by atoms with E-state index in [1.165, 1.54) is 0 Å². The average molecular weight is 480 g/mol. The molecule has 0 aliphatic heterocycles. The number of benzene rings is 2. The van der Waals surface area contributed by atoms with Gasteiger partial charge in [-0.2, -0.15) is 0 Å². The summed E-state index contributed by atoms with van der Waals surface area (Å²) in [7, 11) is 0. The van der Waals surface area contributed by atoms with Crippen LogP contribution in [-0.4, -0.2) is 17.6 Å². The molecule has 3 rings (SSSR count). The van der Waals surface area contributed by atoms with Crippen LogP contribution < -0.4 is 15.4 Å². The molecular weight excluding hydrogens is 464 g/mol. The summed E-state index contributed by atoms with van der Waals surface area (Å²) in [6.45, 7) is 0.200. The van der Waals surface area contributed by atoms with Gasteiger partial charge in [0.1, 0.15) is 17.3 Å². The molecule has 0 spiro atoms. The lowest BCUT2D eigenvalue weighted by atomic mass is 10.2. The Morgan fingerprint density at radius 3 is 2.50 bits per heavy atom. The molecule has 2 N–H and O–H groups in total. The maximum atomic E-state index is 11.9. The fourth-order valence-corrected chi connectivity index (χ4v) is 2.87. The van der Waals surface area contributed by atoms with Crippen LogP contribution in [0.1, 0.15) is 5.76 Å². The molecule has 1 amide bonds. The lowest BCUT2D eigenvalue weighted by Crippen LogP contribution is -2.41. The number of amides is 1. The highest BCUT2D eigenvalue weighted by Gasteiger charge is 2.08. The first-order chi connectivity index (χ1) is 13.5. The molecule has 0 bridgehead atoms. The number of hydrogen-bond acceptors (Lipinski definition) is 4. The molecule has 3 aromatic rings. The van der Waals surface area contributed by atoms with Gasteiger partial charge in [0.05, 0.1) is 6.54 Å². The summed E-state index contributed by atoms with van der Waals surface area (Å²) in [6, 6.07) is 18.3. The van der Waals surface area contributed by atoms with E-state index in [0.717, 1.165) is 15.8 Å². The third-order valence-corrected chi connectivity index (χ3v) is 4.68. The van der Waals surface area contributed by atoms with Crippen molar-refractivity contribution in [3.8, 4) is 17.1 Å². The average Bonchev–Trinajstić information content (AvgIpc) is 3.15. The summed E-state index contributed by atoms with van der Waals surface area (Å²) < 4.78 is 12.2. The number of furan rings is 1. The zero-order valence-corrected chi connectivity index (χ0v) is 17.7. The highest BCUT2D eigenvalue weighted by atomic mass is 79.9. The van der Waals surface area contributed by atoms with Crippen molar-refractivity contribution >= 4 is 50.8 Å². The van der Waals surface area contributed by atoms with Crippen molar-refractivity contribution < 1.29 is 13.9 Å². The van der Waals surface area contributed by atoms with Gasteiger partial charge in [-0.25, -0.2) is 0 Å². The molecule has 1 aromatic heterocycles. The van der Waals surface area contributed by atoms with E-state index in [9.17, 15) is 4.79 Å². The summed E-state index contributed by atoms with van der Waals surface area (Å²) in [6.07, 6.45) is 0. The molecule has 0 saturated carbocycles. The molecule has 0 fully saturated rings. The van der Waals surface area contributed by atoms with E-state index >= 15 is 0 Å². The van der Waals surface area contributed by atoms with Gasteiger partial charge in [0, 0.05) is 15.1 Å². The summed E-state index contributed by atoms with van der Waals surface area (Å²) >= 11 is 14.3. The van der Waals surface area contributed by atoms with Gasteiger partial charge in [0.25, 0.3) is 5.91 Å². The van der Waals surface area contributed by atoms with Gasteiger partial charge in [-0.1, -0.05) is 39.7 Å². The van der Waals surface area contributed by atoms with Crippen LogP contribution in [0.2, 0.25) is 5.02 Å². The SMILES string of the molecule is O=C(COc1ccc(Cl)cc1)NC(=S)NCc1ccc(-c2ccc(Br)cc2)o1. The largest absolute Gasteiger partial charge is 0.484 e. The second kappa shape index (κ2) is 9.73. The maximum Gasteiger partial charge on any atom is 0.264 e. The van der Waals surface area contributed by atoms with E-state index < -0.39 is 0 Å². The van der Waals surface area contributed by atoms with Crippen LogP contribution in [0.4, 0.5) is 0 Å². The lowest BCUT2D eigenvalue weighted by molar-refractivity contribution is -0.121. The molecule has 0 saturated heterocycles. The number of carbonyl (C=O) groups excluding carboxylic acids is 1. The molecule has 144 valence electrons. The van der Waals surface area contributed by atoms with Crippen LogP contribution in [0.25, 0.3) is 11.3 Å². The molecule has 8 heteroatoms. The lowest BCUT2D eigenvalue weighted by Gasteiger charge is -2.09. The van der Waals surface area contributed by atoms with Gasteiger partial charge in [-0.3, -0.25) is 4.79 Å². The van der Waals surface area contributed by atoms with Crippen molar-refractivity contribution in [3.05, 3.63) is 75.9 Å². The molecule has 0 aliphatic rings. The van der Waals surface area contributed by atoms with Crippen molar-refractivity contribution in [2.75, 3.05) is 6.61 Å². The Morgan fingerprint density at radius 1 is 1.07 bits per heavy atom. The van der Waals surface area contributed by atoms with E-state index in [4.69, 9.17) is 33.0 Å². The fraction of sp³-hybridized carbons (Fsp3) is 0.100. The van der Waals surface area contributed by atoms with Crippen molar-refractivity contribution in [2.24, 2.45) is 0 Å². The van der Waals surface area contributed by atoms with Crippen LogP contribution in [-0.2, 0) is 11.3 Å². The summed E-state index contributed by atoms with van der Waals surface area (Å²) in [4.78, 5) is 11.9. The van der Waals surface area contributed by atoms with Crippen molar-refractivity contribution in [3.63, 3.8) is 0 Å². The molecule has 2 aromatic carbocycles. The van der Waals surface area contributed by atoms with E-state index in [2.05, 4.69) is 26.6 Å². The van der Waals surface area contributed by atoms with Gasteiger partial charge >= 0.3 is 0 Å².